The van der Waals surface area contributed by atoms with Crippen molar-refractivity contribution in [2.75, 3.05) is 0 Å². The predicted molar refractivity (Wildman–Crippen MR) is 125 cm³/mol. The quantitative estimate of drug-likeness (QED) is 0.394. The Bertz CT molecular complexity index is 1650. The van der Waals surface area contributed by atoms with E-state index in [1.807, 2.05) is 72.9 Å². The average molecular weight is 433 g/mol. The summed E-state index contributed by atoms with van der Waals surface area (Å²) in [5, 5.41) is 13.0. The van der Waals surface area contributed by atoms with Crippen LogP contribution in [-0.2, 0) is 11.4 Å². The van der Waals surface area contributed by atoms with Crippen molar-refractivity contribution in [1.29, 1.82) is 0 Å². The summed E-state index contributed by atoms with van der Waals surface area (Å²) in [6.07, 6.45) is 1.88. The Labute approximate surface area is 188 Å². The van der Waals surface area contributed by atoms with Crippen molar-refractivity contribution < 1.29 is 14.6 Å². The van der Waals surface area contributed by atoms with Crippen molar-refractivity contribution in [3.8, 4) is 22.9 Å². The van der Waals surface area contributed by atoms with Crippen molar-refractivity contribution in [1.82, 2.24) is 9.97 Å². The van der Waals surface area contributed by atoms with Crippen LogP contribution in [0.4, 0.5) is 0 Å². The number of ether oxygens (including phenoxy) is 1. The average Bonchev–Trinajstić information content (AvgIpc) is 3.52. The van der Waals surface area contributed by atoms with E-state index in [9.17, 15) is 9.90 Å². The molecule has 6 rings (SSSR count). The summed E-state index contributed by atoms with van der Waals surface area (Å²) in [6, 6.07) is 25.0. The van der Waals surface area contributed by atoms with Gasteiger partial charge in [0, 0.05) is 27.9 Å². The number of H-pyrrole nitrogens is 2. The molecule has 0 saturated carbocycles. The predicted octanol–water partition coefficient (Wildman–Crippen LogP) is 3.81. The van der Waals surface area contributed by atoms with Crippen LogP contribution in [0.1, 0.15) is 11.1 Å². The normalized spacial score (nSPS) is 12.7. The molecule has 5 aromatic rings. The molecule has 160 valence electrons. The number of rotatable bonds is 5. The monoisotopic (exact) mass is 433 g/mol. The lowest BCUT2D eigenvalue weighted by Crippen LogP contribution is -2.22. The zero-order chi connectivity index (χ0) is 22.4. The third-order valence-corrected chi connectivity index (χ3v) is 5.87. The summed E-state index contributed by atoms with van der Waals surface area (Å²) >= 11 is 0. The molecule has 3 heterocycles. The molecule has 0 atom stereocenters. The number of amides is 1. The van der Waals surface area contributed by atoms with Gasteiger partial charge < -0.3 is 19.8 Å². The van der Waals surface area contributed by atoms with Gasteiger partial charge in [0.15, 0.2) is 5.88 Å². The first-order valence-electron chi connectivity index (χ1n) is 10.6. The molecular weight excluding hydrogens is 414 g/mol. The number of aromatic nitrogens is 2. The van der Waals surface area contributed by atoms with Gasteiger partial charge >= 0.3 is 0 Å². The lowest BCUT2D eigenvalue weighted by Gasteiger charge is -2.07. The number of hydrogen-bond donors (Lipinski definition) is 3. The lowest BCUT2D eigenvalue weighted by molar-refractivity contribution is -0.112. The molecule has 33 heavy (non-hydrogen) atoms. The van der Waals surface area contributed by atoms with Crippen LogP contribution in [0, 0.1) is 0 Å². The number of benzene rings is 3. The number of carbonyl (C=O) groups is 1. The number of fused-ring (bicyclic) bond motifs is 2. The van der Waals surface area contributed by atoms with Crippen LogP contribution in [0.2, 0.25) is 0 Å². The lowest BCUT2D eigenvalue weighted by atomic mass is 10.0. The van der Waals surface area contributed by atoms with Crippen LogP contribution in [0.15, 0.2) is 90.1 Å². The highest BCUT2D eigenvalue weighted by Crippen LogP contribution is 2.35. The Kier molecular flexibility index (Phi) is 4.36. The van der Waals surface area contributed by atoms with E-state index < -0.39 is 0 Å². The van der Waals surface area contributed by atoms with Gasteiger partial charge in [-0.1, -0.05) is 48.5 Å². The maximum absolute atomic E-state index is 12.6. The molecule has 0 saturated heterocycles. The fraction of sp³-hybridized carbons (Fsp3) is 0.0370. The molecule has 3 aromatic carbocycles. The van der Waals surface area contributed by atoms with Crippen LogP contribution >= 0.6 is 0 Å². The molecule has 0 radical (unpaired) electrons. The van der Waals surface area contributed by atoms with Gasteiger partial charge in [-0.05, 0) is 35.9 Å². The van der Waals surface area contributed by atoms with Crippen molar-refractivity contribution in [3.05, 3.63) is 107 Å². The molecule has 6 nitrogen and oxygen atoms in total. The number of carbonyl (C=O) groups excluding carboxylic acids is 1. The first-order chi connectivity index (χ1) is 16.2. The molecule has 0 spiro atoms. The zero-order valence-corrected chi connectivity index (χ0v) is 17.5. The van der Waals surface area contributed by atoms with Crippen molar-refractivity contribution in [2.45, 2.75) is 6.61 Å². The van der Waals surface area contributed by atoms with Crippen LogP contribution in [0.3, 0.4) is 0 Å². The summed E-state index contributed by atoms with van der Waals surface area (Å²) in [5.41, 5.74) is 4.44. The van der Waals surface area contributed by atoms with Crippen LogP contribution in [-0.4, -0.2) is 21.0 Å². The molecule has 1 aliphatic heterocycles. The maximum atomic E-state index is 12.6. The molecule has 0 unspecified atom stereocenters. The van der Waals surface area contributed by atoms with Crippen molar-refractivity contribution >= 4 is 22.4 Å². The summed E-state index contributed by atoms with van der Waals surface area (Å²) in [7, 11) is 0. The van der Waals surface area contributed by atoms with E-state index in [2.05, 4.69) is 15.0 Å². The van der Waals surface area contributed by atoms with Gasteiger partial charge in [0.05, 0.1) is 22.2 Å². The van der Waals surface area contributed by atoms with E-state index in [4.69, 9.17) is 4.74 Å². The standard InChI is InChI=1S/C27H19N3O3/c31-26-20(25-18-8-4-5-9-23(18)29-27(25)32)13-24(30-26)21-14-28-22-11-10-17(12-19(21)22)33-15-16-6-2-1-3-7-16/h1-14,28,30-31H,15H2. The Morgan fingerprint density at radius 2 is 1.73 bits per heavy atom. The highest BCUT2D eigenvalue weighted by molar-refractivity contribution is 6.21. The Morgan fingerprint density at radius 1 is 0.909 bits per heavy atom. The van der Waals surface area contributed by atoms with Gasteiger partial charge in [0.2, 0.25) is 0 Å². The second kappa shape index (κ2) is 7.53. The molecule has 0 fully saturated rings. The number of hydrogen-bond acceptors (Lipinski definition) is 3. The van der Waals surface area contributed by atoms with E-state index in [0.717, 1.165) is 33.0 Å². The number of para-hydroxylation sites is 1. The van der Waals surface area contributed by atoms with Crippen LogP contribution in [0.5, 0.6) is 11.6 Å². The minimum Gasteiger partial charge on any atom is -0.494 e. The third kappa shape index (κ3) is 3.29. The minimum absolute atomic E-state index is 0.0638. The number of aromatic hydroxyl groups is 1. The van der Waals surface area contributed by atoms with Gasteiger partial charge in [-0.25, -0.2) is 4.99 Å². The molecule has 1 amide bonds. The number of nitrogens with zero attached hydrogens (tertiary/aromatic N) is 1. The highest BCUT2D eigenvalue weighted by atomic mass is 16.5. The van der Waals surface area contributed by atoms with E-state index >= 15 is 0 Å². The largest absolute Gasteiger partial charge is 0.494 e. The smallest absolute Gasteiger partial charge is 0.279 e. The van der Waals surface area contributed by atoms with Gasteiger partial charge in [-0.15, -0.1) is 0 Å². The Hall–Kier alpha value is -4.58. The SMILES string of the molecule is O=C1N=c2ccccc2=C1c1cc(-c2c[nH]c3ccc(OCc4ccccc4)cc23)[nH]c1O. The number of nitrogens with one attached hydrogen (secondary N) is 2. The van der Waals surface area contributed by atoms with Gasteiger partial charge in [-0.3, -0.25) is 4.79 Å². The number of aromatic amines is 2. The zero-order valence-electron chi connectivity index (χ0n) is 17.5. The van der Waals surface area contributed by atoms with Crippen LogP contribution < -0.4 is 15.3 Å². The molecule has 6 heteroatoms. The van der Waals surface area contributed by atoms with Gasteiger partial charge in [-0.2, -0.15) is 0 Å². The van der Waals surface area contributed by atoms with E-state index in [1.54, 1.807) is 12.1 Å². The third-order valence-electron chi connectivity index (χ3n) is 5.87. The summed E-state index contributed by atoms with van der Waals surface area (Å²) in [6.45, 7) is 0.475. The first kappa shape index (κ1) is 19.1. The molecule has 0 bridgehead atoms. The topological polar surface area (TPSA) is 90.5 Å². The molecule has 0 aliphatic carbocycles. The molecule has 2 aromatic heterocycles. The molecular formula is C27H19N3O3. The second-order valence-electron chi connectivity index (χ2n) is 7.94. The van der Waals surface area contributed by atoms with E-state index in [0.29, 0.717) is 28.8 Å². The van der Waals surface area contributed by atoms with Gasteiger partial charge in [0.1, 0.15) is 12.4 Å². The minimum atomic E-state index is -0.354. The summed E-state index contributed by atoms with van der Waals surface area (Å²) in [4.78, 5) is 23.0. The molecule has 1 aliphatic rings. The van der Waals surface area contributed by atoms with Gasteiger partial charge in [0.25, 0.3) is 5.91 Å². The fourth-order valence-corrected chi connectivity index (χ4v) is 4.26. The first-order valence-corrected chi connectivity index (χ1v) is 10.6. The van der Waals surface area contributed by atoms with Crippen LogP contribution in [0.25, 0.3) is 27.7 Å². The van der Waals surface area contributed by atoms with E-state index in [1.165, 1.54) is 0 Å². The fourth-order valence-electron chi connectivity index (χ4n) is 4.26. The van der Waals surface area contributed by atoms with E-state index in [-0.39, 0.29) is 11.8 Å². The van der Waals surface area contributed by atoms with Crippen molar-refractivity contribution in [2.24, 2.45) is 4.99 Å². The Balaban J connectivity index is 1.39. The molecule has 3 N–H and O–H groups in total. The Morgan fingerprint density at radius 3 is 2.61 bits per heavy atom. The summed E-state index contributed by atoms with van der Waals surface area (Å²) in [5.74, 6) is 0.329. The summed E-state index contributed by atoms with van der Waals surface area (Å²) < 4.78 is 5.99. The maximum Gasteiger partial charge on any atom is 0.279 e. The highest BCUT2D eigenvalue weighted by Gasteiger charge is 2.23. The van der Waals surface area contributed by atoms with Crippen molar-refractivity contribution in [3.63, 3.8) is 0 Å². The second-order valence-corrected chi connectivity index (χ2v) is 7.94.